The van der Waals surface area contributed by atoms with E-state index >= 15 is 0 Å². The van der Waals surface area contributed by atoms with Gasteiger partial charge in [0.15, 0.2) is 0 Å². The Morgan fingerprint density at radius 3 is 1.19 bits per heavy atom. The molecule has 9 aromatic carbocycles. The second-order valence-corrected chi connectivity index (χ2v) is 16.9. The van der Waals surface area contributed by atoms with Crippen molar-refractivity contribution in [2.45, 2.75) is 31.6 Å². The van der Waals surface area contributed by atoms with Crippen molar-refractivity contribution in [3.63, 3.8) is 0 Å². The van der Waals surface area contributed by atoms with Crippen molar-refractivity contribution in [1.82, 2.24) is 0 Å². The zero-order chi connectivity index (χ0) is 43.4. The summed E-state index contributed by atoms with van der Waals surface area (Å²) in [6.45, 7) is 11.0. The monoisotopic (exact) mass is 822 g/mol. The fourth-order valence-electron chi connectivity index (χ4n) is 10.2. The molecule has 0 spiro atoms. The van der Waals surface area contributed by atoms with E-state index in [1.54, 1.807) is 24.3 Å². The number of rotatable bonds is 5. The molecule has 11 rings (SSSR count). The molecule has 0 atom stereocenters. The van der Waals surface area contributed by atoms with Crippen LogP contribution < -0.4 is 9.47 Å². The van der Waals surface area contributed by atoms with Gasteiger partial charge in [0.25, 0.3) is 0 Å². The van der Waals surface area contributed by atoms with E-state index in [2.05, 4.69) is 62.9 Å². The van der Waals surface area contributed by atoms with Crippen LogP contribution in [0.25, 0.3) is 48.7 Å². The van der Waals surface area contributed by atoms with Gasteiger partial charge in [-0.15, -0.1) is 0 Å². The van der Waals surface area contributed by atoms with Crippen LogP contribution in [-0.2, 0) is 10.8 Å². The first-order valence-electron chi connectivity index (χ1n) is 21.0. The molecule has 2 aliphatic rings. The topological polar surface area (TPSA) is 99.4 Å². The molecule has 0 radical (unpaired) electrons. The van der Waals surface area contributed by atoms with E-state index in [0.717, 1.165) is 66.1 Å². The molecule has 0 aliphatic carbocycles. The number of hydrogen-bond acceptors (Lipinski definition) is 6. The van der Waals surface area contributed by atoms with Gasteiger partial charge in [0.1, 0.15) is 46.0 Å². The molecule has 0 amide bonds. The minimum atomic E-state index is -0.696. The molecule has 2 aliphatic heterocycles. The average Bonchev–Trinajstić information content (AvgIpc) is 3.29. The van der Waals surface area contributed by atoms with Crippen molar-refractivity contribution in [3.05, 3.63) is 209 Å². The van der Waals surface area contributed by atoms with Crippen molar-refractivity contribution in [2.24, 2.45) is 0 Å². The number of ether oxygens (including phenoxy) is 2. The first-order valence-corrected chi connectivity index (χ1v) is 21.0. The summed E-state index contributed by atoms with van der Waals surface area (Å²) in [4.78, 5) is 0. The molecule has 306 valence electrons. The highest BCUT2D eigenvalue weighted by molar-refractivity contribution is 6.01. The molecule has 2 heterocycles. The van der Waals surface area contributed by atoms with Crippen LogP contribution in [0.1, 0.15) is 54.2 Å². The van der Waals surface area contributed by atoms with E-state index in [1.807, 2.05) is 104 Å². The van der Waals surface area contributed by atoms with Gasteiger partial charge < -0.3 is 29.9 Å². The molecule has 0 saturated carbocycles. The fraction of sp³-hybridized carbons (Fsp3) is 0.0877. The van der Waals surface area contributed by atoms with Gasteiger partial charge in [0.2, 0.25) is 0 Å². The Hall–Kier alpha value is -7.96. The molecular formula is C57H42O6. The average molecular weight is 823 g/mol. The normalized spacial score (nSPS) is 14.8. The van der Waals surface area contributed by atoms with Crippen LogP contribution in [0.2, 0.25) is 0 Å². The summed E-state index contributed by atoms with van der Waals surface area (Å²) < 4.78 is 13.7. The maximum Gasteiger partial charge on any atom is 0.139 e. The largest absolute Gasteiger partial charge is 0.507 e. The van der Waals surface area contributed by atoms with Gasteiger partial charge in [0, 0.05) is 76.2 Å². The first-order chi connectivity index (χ1) is 30.5. The molecule has 9 aromatic rings. The quantitative estimate of drug-likeness (QED) is 0.129. The van der Waals surface area contributed by atoms with Gasteiger partial charge >= 0.3 is 0 Å². The van der Waals surface area contributed by atoms with E-state index in [0.29, 0.717) is 44.5 Å². The van der Waals surface area contributed by atoms with Gasteiger partial charge in [-0.2, -0.15) is 0 Å². The number of phenolic OH excluding ortho intramolecular Hbond substituents is 4. The summed E-state index contributed by atoms with van der Waals surface area (Å²) in [6, 6.07) is 46.4. The molecule has 0 unspecified atom stereocenters. The summed E-state index contributed by atoms with van der Waals surface area (Å²) in [5.74, 6) is 3.38. The molecule has 0 fully saturated rings. The fourth-order valence-corrected chi connectivity index (χ4v) is 10.2. The Morgan fingerprint density at radius 2 is 0.810 bits per heavy atom. The SMILES string of the molecule is C=C(/C=C\C(=C/C)C1(C)c2ccc3c(O)cccc3c2Oc2c1ccc1c(O)cccc21)c1ccc(C2(C)c3ccc4c(O)cccc4c3Oc3c2ccc2c(O)cccc32)cc1. The minimum Gasteiger partial charge on any atom is -0.507 e. The third kappa shape index (κ3) is 5.37. The molecule has 0 bridgehead atoms. The highest BCUT2D eigenvalue weighted by Gasteiger charge is 2.43. The lowest BCUT2D eigenvalue weighted by Gasteiger charge is -2.40. The smallest absolute Gasteiger partial charge is 0.139 e. The van der Waals surface area contributed by atoms with Crippen molar-refractivity contribution in [2.75, 3.05) is 0 Å². The molecule has 0 saturated heterocycles. The Kier molecular flexibility index (Phi) is 8.31. The highest BCUT2D eigenvalue weighted by Crippen LogP contribution is 2.58. The van der Waals surface area contributed by atoms with Crippen LogP contribution in [-0.4, -0.2) is 20.4 Å². The zero-order valence-corrected chi connectivity index (χ0v) is 34.9. The van der Waals surface area contributed by atoms with Gasteiger partial charge in [0.05, 0.1) is 0 Å². The van der Waals surface area contributed by atoms with Crippen LogP contribution in [0, 0.1) is 0 Å². The molecule has 63 heavy (non-hydrogen) atoms. The predicted molar refractivity (Wildman–Crippen MR) is 253 cm³/mol. The van der Waals surface area contributed by atoms with Gasteiger partial charge in [-0.1, -0.05) is 146 Å². The van der Waals surface area contributed by atoms with E-state index in [1.165, 1.54) is 0 Å². The third-order valence-electron chi connectivity index (χ3n) is 13.7. The number of hydrogen-bond donors (Lipinski definition) is 4. The molecule has 6 nitrogen and oxygen atoms in total. The number of phenols is 4. The third-order valence-corrected chi connectivity index (χ3v) is 13.7. The van der Waals surface area contributed by atoms with Crippen LogP contribution in [0.4, 0.5) is 0 Å². The Labute approximate surface area is 364 Å². The Bertz CT molecular complexity index is 3320. The highest BCUT2D eigenvalue weighted by atomic mass is 16.5. The van der Waals surface area contributed by atoms with Gasteiger partial charge in [-0.3, -0.25) is 0 Å². The number of aromatic hydroxyl groups is 4. The van der Waals surface area contributed by atoms with Gasteiger partial charge in [-0.05, 0) is 67.3 Å². The van der Waals surface area contributed by atoms with Crippen molar-refractivity contribution >= 4 is 48.7 Å². The number of benzene rings is 9. The summed E-state index contributed by atoms with van der Waals surface area (Å²) >= 11 is 0. The van der Waals surface area contributed by atoms with E-state index in [-0.39, 0.29) is 23.0 Å². The second-order valence-electron chi connectivity index (χ2n) is 16.9. The molecule has 0 aromatic heterocycles. The van der Waals surface area contributed by atoms with Crippen LogP contribution >= 0.6 is 0 Å². The predicted octanol–water partition coefficient (Wildman–Crippen LogP) is 14.2. The second kappa shape index (κ2) is 13.8. The molecule has 6 heteroatoms. The van der Waals surface area contributed by atoms with Crippen molar-refractivity contribution < 1.29 is 29.9 Å². The lowest BCUT2D eigenvalue weighted by atomic mass is 9.67. The first kappa shape index (κ1) is 38.0. The van der Waals surface area contributed by atoms with Crippen LogP contribution in [0.5, 0.6) is 46.0 Å². The van der Waals surface area contributed by atoms with E-state index < -0.39 is 10.8 Å². The Balaban J connectivity index is 1.00. The van der Waals surface area contributed by atoms with E-state index in [4.69, 9.17) is 9.47 Å². The Morgan fingerprint density at radius 1 is 0.444 bits per heavy atom. The van der Waals surface area contributed by atoms with E-state index in [9.17, 15) is 20.4 Å². The zero-order valence-electron chi connectivity index (χ0n) is 34.9. The van der Waals surface area contributed by atoms with Crippen LogP contribution in [0.3, 0.4) is 0 Å². The minimum absolute atomic E-state index is 0.178. The van der Waals surface area contributed by atoms with Crippen LogP contribution in [0.15, 0.2) is 176 Å². The summed E-state index contributed by atoms with van der Waals surface area (Å²) in [5.41, 5.74) is 6.31. The number of allylic oxidation sites excluding steroid dienone is 5. The summed E-state index contributed by atoms with van der Waals surface area (Å²) in [5, 5.41) is 49.4. The maximum absolute atomic E-state index is 10.9. The standard InChI is InChI=1S/C57H42O6/c1-5-34(56(3)44-28-24-36-40(10-6-14-48(36)58)52(44)62-53-41-11-7-15-49(59)37(41)25-29-45(53)56)21-18-32(2)33-19-22-35(23-20-33)57(4)46-30-26-38-42(12-8-16-50(38)60)54(46)63-55-43-13-9-17-51(61)39(43)27-31-47(55)57/h5-31,58-61H,2H2,1,3-4H3/b21-18-,34-5+. The lowest BCUT2D eigenvalue weighted by Crippen LogP contribution is -2.30. The molecular weight excluding hydrogens is 781 g/mol. The molecule has 4 N–H and O–H groups in total. The van der Waals surface area contributed by atoms with Gasteiger partial charge in [-0.25, -0.2) is 0 Å². The summed E-state index contributed by atoms with van der Waals surface area (Å²) in [7, 11) is 0. The lowest BCUT2D eigenvalue weighted by molar-refractivity contribution is 0.436. The van der Waals surface area contributed by atoms with Crippen molar-refractivity contribution in [3.8, 4) is 46.0 Å². The number of fused-ring (bicyclic) bond motifs is 12. The summed E-state index contributed by atoms with van der Waals surface area (Å²) in [6.07, 6.45) is 6.31. The maximum atomic E-state index is 10.9. The van der Waals surface area contributed by atoms with Crippen molar-refractivity contribution in [1.29, 1.82) is 0 Å².